The summed E-state index contributed by atoms with van der Waals surface area (Å²) in [5.41, 5.74) is 0.344. The molecular formula is C22H26FNO4. The highest BCUT2D eigenvalue weighted by molar-refractivity contribution is 5.94. The number of aromatic hydroxyl groups is 1. The average molecular weight is 387 g/mol. The Bertz CT molecular complexity index is 785. The highest BCUT2D eigenvalue weighted by atomic mass is 19.1. The lowest BCUT2D eigenvalue weighted by Crippen LogP contribution is -2.45. The molecule has 0 spiro atoms. The third-order valence-electron chi connectivity index (χ3n) is 5.25. The van der Waals surface area contributed by atoms with Gasteiger partial charge in [0.2, 0.25) is 0 Å². The molecular weight excluding hydrogens is 361 g/mol. The van der Waals surface area contributed by atoms with Crippen molar-refractivity contribution in [3.63, 3.8) is 0 Å². The molecule has 28 heavy (non-hydrogen) atoms. The first-order chi connectivity index (χ1) is 13.4. The van der Waals surface area contributed by atoms with Gasteiger partial charge in [-0.25, -0.2) is 4.39 Å². The van der Waals surface area contributed by atoms with Crippen LogP contribution in [-0.4, -0.2) is 34.9 Å². The molecule has 0 radical (unpaired) electrons. The van der Waals surface area contributed by atoms with Crippen molar-refractivity contribution in [1.82, 2.24) is 5.32 Å². The molecule has 0 unspecified atom stereocenters. The van der Waals surface area contributed by atoms with Gasteiger partial charge in [-0.1, -0.05) is 12.1 Å². The summed E-state index contributed by atoms with van der Waals surface area (Å²) in [6, 6.07) is 12.4. The highest BCUT2D eigenvalue weighted by Crippen LogP contribution is 2.32. The minimum absolute atomic E-state index is 0.105. The third-order valence-corrected chi connectivity index (χ3v) is 5.25. The first-order valence-electron chi connectivity index (χ1n) is 9.55. The van der Waals surface area contributed by atoms with E-state index in [9.17, 15) is 19.4 Å². The zero-order valence-electron chi connectivity index (χ0n) is 15.7. The van der Waals surface area contributed by atoms with Gasteiger partial charge >= 0.3 is 0 Å². The number of rotatable bonds is 7. The molecule has 5 nitrogen and oxygen atoms in total. The maximum absolute atomic E-state index is 13.2. The number of carbonyl (C=O) groups excluding carboxylic acids is 1. The van der Waals surface area contributed by atoms with E-state index in [1.54, 1.807) is 18.2 Å². The van der Waals surface area contributed by atoms with E-state index in [0.29, 0.717) is 37.5 Å². The molecule has 0 aromatic heterocycles. The van der Waals surface area contributed by atoms with Crippen molar-refractivity contribution in [3.05, 3.63) is 65.5 Å². The van der Waals surface area contributed by atoms with E-state index in [-0.39, 0.29) is 24.0 Å². The number of carbonyl (C=O) groups is 1. The van der Waals surface area contributed by atoms with E-state index in [4.69, 9.17) is 4.74 Å². The summed E-state index contributed by atoms with van der Waals surface area (Å²) in [6.07, 6.45) is 2.82. The number of halogens is 1. The lowest BCUT2D eigenvalue weighted by atomic mass is 9.79. The van der Waals surface area contributed by atoms with Crippen LogP contribution in [0.1, 0.15) is 41.6 Å². The van der Waals surface area contributed by atoms with E-state index >= 15 is 0 Å². The zero-order chi connectivity index (χ0) is 20.0. The normalized spacial score (nSPS) is 22.0. The number of nitrogens with one attached hydrogen (secondary N) is 1. The molecule has 0 heterocycles. The number of hydrogen-bond donors (Lipinski definition) is 3. The quantitative estimate of drug-likeness (QED) is 0.680. The van der Waals surface area contributed by atoms with E-state index in [1.807, 2.05) is 6.07 Å². The molecule has 6 heteroatoms. The summed E-state index contributed by atoms with van der Waals surface area (Å²) < 4.78 is 18.9. The number of benzene rings is 2. The number of aliphatic hydroxyl groups is 1. The fourth-order valence-corrected chi connectivity index (χ4v) is 3.49. The van der Waals surface area contributed by atoms with E-state index < -0.39 is 5.60 Å². The standard InChI is InChI=1S/C22H26FNO4/c23-19-3-1-2-17(12-19)14-28-13-16-8-10-22(27,11-9-16)15-24-21(26)18-4-6-20(25)7-5-18/h1-7,12,16,25,27H,8-11,13-15H2,(H,24,26)/t16-,22-. The third kappa shape index (κ3) is 5.78. The van der Waals surface area contributed by atoms with Crippen molar-refractivity contribution < 1.29 is 24.1 Å². The van der Waals surface area contributed by atoms with Crippen molar-refractivity contribution >= 4 is 5.91 Å². The molecule has 1 aliphatic rings. The van der Waals surface area contributed by atoms with E-state index in [0.717, 1.165) is 18.4 Å². The predicted octanol–water partition coefficient (Wildman–Crippen LogP) is 3.40. The fourth-order valence-electron chi connectivity index (χ4n) is 3.49. The largest absolute Gasteiger partial charge is 0.508 e. The molecule has 3 N–H and O–H groups in total. The van der Waals surface area contributed by atoms with Gasteiger partial charge in [0, 0.05) is 18.7 Å². The number of amides is 1. The van der Waals surface area contributed by atoms with Gasteiger partial charge < -0.3 is 20.3 Å². The molecule has 1 aliphatic carbocycles. The Morgan fingerprint density at radius 2 is 1.89 bits per heavy atom. The van der Waals surface area contributed by atoms with Crippen molar-refractivity contribution in [2.45, 2.75) is 37.9 Å². The minimum Gasteiger partial charge on any atom is -0.508 e. The Labute approximate surface area is 164 Å². The van der Waals surface area contributed by atoms with Gasteiger partial charge in [-0.15, -0.1) is 0 Å². The first kappa shape index (κ1) is 20.3. The summed E-state index contributed by atoms with van der Waals surface area (Å²) in [4.78, 5) is 12.2. The Kier molecular flexibility index (Phi) is 6.65. The average Bonchev–Trinajstić information content (AvgIpc) is 2.69. The van der Waals surface area contributed by atoms with Crippen LogP contribution in [0.5, 0.6) is 5.75 Å². The number of phenols is 1. The van der Waals surface area contributed by atoms with Gasteiger partial charge in [0.05, 0.1) is 12.2 Å². The van der Waals surface area contributed by atoms with Gasteiger partial charge in [0.25, 0.3) is 5.91 Å². The Balaban J connectivity index is 1.38. The Morgan fingerprint density at radius 3 is 2.57 bits per heavy atom. The van der Waals surface area contributed by atoms with Gasteiger partial charge in [-0.3, -0.25) is 4.79 Å². The second-order valence-electron chi connectivity index (χ2n) is 7.54. The molecule has 0 atom stereocenters. The maximum Gasteiger partial charge on any atom is 0.251 e. The summed E-state index contributed by atoms with van der Waals surface area (Å²) in [6.45, 7) is 1.15. The second-order valence-corrected chi connectivity index (χ2v) is 7.54. The van der Waals surface area contributed by atoms with Crippen molar-refractivity contribution in [2.75, 3.05) is 13.2 Å². The molecule has 0 bridgehead atoms. The summed E-state index contributed by atoms with van der Waals surface area (Å²) in [5, 5.41) is 22.8. The monoisotopic (exact) mass is 387 g/mol. The number of hydrogen-bond acceptors (Lipinski definition) is 4. The second kappa shape index (κ2) is 9.17. The lowest BCUT2D eigenvalue weighted by Gasteiger charge is -2.36. The van der Waals surface area contributed by atoms with E-state index in [1.165, 1.54) is 24.3 Å². The van der Waals surface area contributed by atoms with Crippen LogP contribution in [0.4, 0.5) is 4.39 Å². The van der Waals surface area contributed by atoms with Crippen LogP contribution >= 0.6 is 0 Å². The van der Waals surface area contributed by atoms with Crippen LogP contribution in [0.3, 0.4) is 0 Å². The number of phenolic OH excluding ortho intramolecular Hbond substituents is 1. The summed E-state index contributed by atoms with van der Waals surface area (Å²) in [5.74, 6) is -0.0816. The summed E-state index contributed by atoms with van der Waals surface area (Å²) in [7, 11) is 0. The van der Waals surface area contributed by atoms with Gasteiger partial charge in [-0.05, 0) is 73.6 Å². The van der Waals surface area contributed by atoms with Crippen molar-refractivity contribution in [1.29, 1.82) is 0 Å². The van der Waals surface area contributed by atoms with Crippen LogP contribution < -0.4 is 5.32 Å². The van der Waals surface area contributed by atoms with Crippen molar-refractivity contribution in [3.8, 4) is 5.75 Å². The van der Waals surface area contributed by atoms with E-state index in [2.05, 4.69) is 5.32 Å². The molecule has 3 rings (SSSR count). The van der Waals surface area contributed by atoms with Gasteiger partial charge in [0.1, 0.15) is 11.6 Å². The van der Waals surface area contributed by atoms with Gasteiger partial charge in [0.15, 0.2) is 0 Å². The molecule has 0 aliphatic heterocycles. The Hall–Kier alpha value is -2.44. The summed E-state index contributed by atoms with van der Waals surface area (Å²) >= 11 is 0. The lowest BCUT2D eigenvalue weighted by molar-refractivity contribution is -0.0239. The van der Waals surface area contributed by atoms with Gasteiger partial charge in [-0.2, -0.15) is 0 Å². The first-order valence-corrected chi connectivity index (χ1v) is 9.55. The Morgan fingerprint density at radius 1 is 1.18 bits per heavy atom. The topological polar surface area (TPSA) is 78.8 Å². The maximum atomic E-state index is 13.2. The highest BCUT2D eigenvalue weighted by Gasteiger charge is 2.33. The SMILES string of the molecule is O=C(NC[C@]1(O)CC[C@H](COCc2cccc(F)c2)CC1)c1ccc(O)cc1. The fraction of sp³-hybridized carbons (Fsp3) is 0.409. The van der Waals surface area contributed by atoms with Crippen LogP contribution in [-0.2, 0) is 11.3 Å². The molecule has 1 fully saturated rings. The minimum atomic E-state index is -0.911. The van der Waals surface area contributed by atoms with Crippen LogP contribution in [0.15, 0.2) is 48.5 Å². The van der Waals surface area contributed by atoms with Crippen LogP contribution in [0, 0.1) is 11.7 Å². The predicted molar refractivity (Wildman–Crippen MR) is 103 cm³/mol. The van der Waals surface area contributed by atoms with Crippen LogP contribution in [0.2, 0.25) is 0 Å². The molecule has 1 saturated carbocycles. The number of ether oxygens (including phenoxy) is 1. The van der Waals surface area contributed by atoms with Crippen LogP contribution in [0.25, 0.3) is 0 Å². The molecule has 2 aromatic rings. The zero-order valence-corrected chi connectivity index (χ0v) is 15.7. The molecule has 2 aromatic carbocycles. The molecule has 0 saturated heterocycles. The molecule has 1 amide bonds. The van der Waals surface area contributed by atoms with Crippen molar-refractivity contribution in [2.24, 2.45) is 5.92 Å². The smallest absolute Gasteiger partial charge is 0.251 e. The molecule has 150 valence electrons.